The Balaban J connectivity index is 2.22. The Morgan fingerprint density at radius 1 is 1.05 bits per heavy atom. The number of benzene rings is 2. The van der Waals surface area contributed by atoms with E-state index < -0.39 is 29.2 Å². The maximum Gasteiger partial charge on any atom is 0.266 e. The Labute approximate surface area is 132 Å². The summed E-state index contributed by atoms with van der Waals surface area (Å²) >= 11 is 2.86. The third-order valence-corrected chi connectivity index (χ3v) is 3.91. The van der Waals surface area contributed by atoms with Gasteiger partial charge in [-0.25, -0.2) is 9.29 Å². The highest BCUT2D eigenvalue weighted by molar-refractivity contribution is 9.10. The van der Waals surface area contributed by atoms with Crippen LogP contribution in [-0.4, -0.2) is 18.9 Å². The lowest BCUT2D eigenvalue weighted by Crippen LogP contribution is -2.30. The summed E-state index contributed by atoms with van der Waals surface area (Å²) < 4.78 is 32.2. The summed E-state index contributed by atoms with van der Waals surface area (Å²) in [6.45, 7) is 0. The molecule has 0 saturated carbocycles. The third kappa shape index (κ3) is 1.93. The standard InChI is InChI=1S/C15H8BrF2NO3/c1-22-13-10(6-9(16)11(17)12(13)18)19-14(20)7-4-2-3-5-8(7)15(19)21/h2-6H,1H3. The van der Waals surface area contributed by atoms with E-state index in [1.807, 2.05) is 0 Å². The molecule has 2 aromatic rings. The number of rotatable bonds is 2. The van der Waals surface area contributed by atoms with Crippen LogP contribution < -0.4 is 9.64 Å². The minimum Gasteiger partial charge on any atom is -0.491 e. The minimum absolute atomic E-state index is 0.153. The molecule has 0 spiro atoms. The summed E-state index contributed by atoms with van der Waals surface area (Å²) in [5, 5.41) is 0. The van der Waals surface area contributed by atoms with Gasteiger partial charge in [-0.3, -0.25) is 9.59 Å². The fraction of sp³-hybridized carbons (Fsp3) is 0.0667. The van der Waals surface area contributed by atoms with Crippen LogP contribution in [0.4, 0.5) is 14.5 Å². The fourth-order valence-corrected chi connectivity index (χ4v) is 2.73. The van der Waals surface area contributed by atoms with Crippen molar-refractivity contribution in [1.29, 1.82) is 0 Å². The Hall–Kier alpha value is -2.28. The van der Waals surface area contributed by atoms with Gasteiger partial charge in [0.2, 0.25) is 5.82 Å². The average Bonchev–Trinajstić information content (AvgIpc) is 2.77. The van der Waals surface area contributed by atoms with E-state index in [-0.39, 0.29) is 21.3 Å². The molecule has 22 heavy (non-hydrogen) atoms. The van der Waals surface area contributed by atoms with E-state index in [1.165, 1.54) is 12.1 Å². The molecule has 2 amide bonds. The van der Waals surface area contributed by atoms with Crippen LogP contribution in [0.2, 0.25) is 0 Å². The van der Waals surface area contributed by atoms with Gasteiger partial charge in [0.1, 0.15) is 0 Å². The number of ether oxygens (including phenoxy) is 1. The number of anilines is 1. The first-order chi connectivity index (χ1) is 10.5. The van der Waals surface area contributed by atoms with Gasteiger partial charge in [-0.1, -0.05) is 12.1 Å². The molecule has 0 atom stereocenters. The molecule has 4 nitrogen and oxygen atoms in total. The predicted octanol–water partition coefficient (Wildman–Crippen LogP) is 3.54. The van der Waals surface area contributed by atoms with Crippen LogP contribution in [0, 0.1) is 11.6 Å². The minimum atomic E-state index is -1.27. The summed E-state index contributed by atoms with van der Waals surface area (Å²) in [6.07, 6.45) is 0. The van der Waals surface area contributed by atoms with E-state index in [9.17, 15) is 18.4 Å². The molecule has 1 aliphatic rings. The molecule has 0 aliphatic carbocycles. The van der Waals surface area contributed by atoms with Gasteiger partial charge in [0.15, 0.2) is 11.6 Å². The number of fused-ring (bicyclic) bond motifs is 1. The molecular weight excluding hydrogens is 360 g/mol. The fourth-order valence-electron chi connectivity index (χ4n) is 2.33. The second kappa shape index (κ2) is 5.17. The maximum atomic E-state index is 14.0. The second-order valence-corrected chi connectivity index (χ2v) is 5.38. The highest BCUT2D eigenvalue weighted by Crippen LogP contribution is 2.40. The highest BCUT2D eigenvalue weighted by atomic mass is 79.9. The van der Waals surface area contributed by atoms with E-state index in [0.717, 1.165) is 18.1 Å². The number of halogens is 3. The number of carbonyl (C=O) groups excluding carboxylic acids is 2. The molecule has 0 bridgehead atoms. The molecule has 0 saturated heterocycles. The van der Waals surface area contributed by atoms with Crippen molar-refractivity contribution in [1.82, 2.24) is 0 Å². The van der Waals surface area contributed by atoms with Crippen LogP contribution in [-0.2, 0) is 0 Å². The van der Waals surface area contributed by atoms with Gasteiger partial charge in [-0.15, -0.1) is 0 Å². The lowest BCUT2D eigenvalue weighted by molar-refractivity contribution is 0.0925. The molecule has 112 valence electrons. The first-order valence-corrected chi connectivity index (χ1v) is 6.96. The van der Waals surface area contributed by atoms with E-state index in [0.29, 0.717) is 0 Å². The van der Waals surface area contributed by atoms with Crippen molar-refractivity contribution in [3.63, 3.8) is 0 Å². The van der Waals surface area contributed by atoms with Gasteiger partial charge in [-0.05, 0) is 34.1 Å². The normalized spacial score (nSPS) is 13.5. The van der Waals surface area contributed by atoms with E-state index in [1.54, 1.807) is 12.1 Å². The van der Waals surface area contributed by atoms with Crippen molar-refractivity contribution >= 4 is 33.4 Å². The Morgan fingerprint density at radius 2 is 1.59 bits per heavy atom. The van der Waals surface area contributed by atoms with E-state index >= 15 is 0 Å². The molecule has 0 radical (unpaired) electrons. The summed E-state index contributed by atoms with van der Waals surface area (Å²) in [5.74, 6) is -4.16. The van der Waals surface area contributed by atoms with Crippen LogP contribution in [0.3, 0.4) is 0 Å². The molecule has 0 N–H and O–H groups in total. The zero-order valence-electron chi connectivity index (χ0n) is 11.2. The van der Waals surface area contributed by atoms with Crippen LogP contribution in [0.15, 0.2) is 34.8 Å². The summed E-state index contributed by atoms with van der Waals surface area (Å²) in [7, 11) is 1.13. The molecular formula is C15H8BrF2NO3. The topological polar surface area (TPSA) is 46.6 Å². The first-order valence-electron chi connectivity index (χ1n) is 6.16. The summed E-state index contributed by atoms with van der Waals surface area (Å²) in [4.78, 5) is 25.6. The van der Waals surface area contributed by atoms with Crippen molar-refractivity contribution in [2.24, 2.45) is 0 Å². The summed E-state index contributed by atoms with van der Waals surface area (Å²) in [5.41, 5.74) is 0.255. The number of amides is 2. The Kier molecular flexibility index (Phi) is 3.44. The van der Waals surface area contributed by atoms with Crippen molar-refractivity contribution in [2.45, 2.75) is 0 Å². The molecule has 1 heterocycles. The number of carbonyl (C=O) groups is 2. The molecule has 2 aromatic carbocycles. The van der Waals surface area contributed by atoms with Crippen LogP contribution >= 0.6 is 15.9 Å². The maximum absolute atomic E-state index is 14.0. The van der Waals surface area contributed by atoms with Crippen LogP contribution in [0.5, 0.6) is 5.75 Å². The number of hydrogen-bond acceptors (Lipinski definition) is 3. The number of hydrogen-bond donors (Lipinski definition) is 0. The second-order valence-electron chi connectivity index (χ2n) is 4.53. The SMILES string of the molecule is COc1c(N2C(=O)c3ccccc3C2=O)cc(Br)c(F)c1F. The quantitative estimate of drug-likeness (QED) is 0.602. The van der Waals surface area contributed by atoms with Gasteiger partial charge >= 0.3 is 0 Å². The first kappa shape index (κ1) is 14.6. The van der Waals surface area contributed by atoms with E-state index in [2.05, 4.69) is 15.9 Å². The largest absolute Gasteiger partial charge is 0.491 e. The molecule has 0 fully saturated rings. The molecule has 3 rings (SSSR count). The molecule has 0 aromatic heterocycles. The highest BCUT2D eigenvalue weighted by Gasteiger charge is 2.39. The van der Waals surface area contributed by atoms with Crippen LogP contribution in [0.1, 0.15) is 20.7 Å². The predicted molar refractivity (Wildman–Crippen MR) is 78.2 cm³/mol. The Bertz CT molecular complexity index is 788. The van der Waals surface area contributed by atoms with Gasteiger partial charge in [-0.2, -0.15) is 4.39 Å². The smallest absolute Gasteiger partial charge is 0.266 e. The van der Waals surface area contributed by atoms with Gasteiger partial charge < -0.3 is 4.74 Å². The number of imide groups is 1. The average molecular weight is 368 g/mol. The Morgan fingerprint density at radius 3 is 2.09 bits per heavy atom. The van der Waals surface area contributed by atoms with Crippen molar-refractivity contribution < 1.29 is 23.1 Å². The number of nitrogens with zero attached hydrogens (tertiary/aromatic N) is 1. The van der Waals surface area contributed by atoms with Crippen molar-refractivity contribution in [3.8, 4) is 5.75 Å². The zero-order valence-corrected chi connectivity index (χ0v) is 12.8. The molecule has 0 unspecified atom stereocenters. The lowest BCUT2D eigenvalue weighted by atomic mass is 10.1. The van der Waals surface area contributed by atoms with Gasteiger partial charge in [0.25, 0.3) is 11.8 Å². The van der Waals surface area contributed by atoms with Gasteiger partial charge in [0, 0.05) is 0 Å². The third-order valence-electron chi connectivity index (χ3n) is 3.34. The van der Waals surface area contributed by atoms with Crippen molar-refractivity contribution in [3.05, 3.63) is 57.6 Å². The van der Waals surface area contributed by atoms with Gasteiger partial charge in [0.05, 0.1) is 28.4 Å². The van der Waals surface area contributed by atoms with Crippen LogP contribution in [0.25, 0.3) is 0 Å². The molecule has 7 heteroatoms. The lowest BCUT2D eigenvalue weighted by Gasteiger charge is -2.18. The molecule has 1 aliphatic heterocycles. The van der Waals surface area contributed by atoms with E-state index in [4.69, 9.17) is 4.74 Å². The summed E-state index contributed by atoms with van der Waals surface area (Å²) in [6, 6.07) is 7.37. The monoisotopic (exact) mass is 367 g/mol. The number of methoxy groups -OCH3 is 1. The van der Waals surface area contributed by atoms with Crippen molar-refractivity contribution in [2.75, 3.05) is 12.0 Å². The zero-order chi connectivity index (χ0) is 16.0.